The molecule has 0 fully saturated rings. The Kier molecular flexibility index (Phi) is 3.40. The fourth-order valence-electron chi connectivity index (χ4n) is 2.87. The van der Waals surface area contributed by atoms with Gasteiger partial charge in [-0.25, -0.2) is 4.98 Å². The third kappa shape index (κ3) is 2.51. The van der Waals surface area contributed by atoms with E-state index in [2.05, 4.69) is 20.9 Å². The second-order valence-corrected chi connectivity index (χ2v) is 6.42. The van der Waals surface area contributed by atoms with Crippen LogP contribution in [-0.2, 0) is 19.5 Å². The zero-order valence-corrected chi connectivity index (χ0v) is 12.8. The Morgan fingerprint density at radius 2 is 2.27 bits per heavy atom. The predicted molar refractivity (Wildman–Crippen MR) is 86.8 cm³/mol. The minimum atomic E-state index is 0.00734. The van der Waals surface area contributed by atoms with Crippen LogP contribution in [0, 0.1) is 0 Å². The quantitative estimate of drug-likeness (QED) is 0.780. The Morgan fingerprint density at radius 1 is 1.32 bits per heavy atom. The van der Waals surface area contributed by atoms with Crippen molar-refractivity contribution in [2.45, 2.75) is 19.5 Å². The number of thiophene rings is 1. The molecule has 4 rings (SSSR count). The molecule has 1 aliphatic rings. The summed E-state index contributed by atoms with van der Waals surface area (Å²) in [5.41, 5.74) is 2.94. The van der Waals surface area contributed by atoms with E-state index in [-0.39, 0.29) is 5.56 Å². The molecule has 3 aromatic heterocycles. The highest BCUT2D eigenvalue weighted by molar-refractivity contribution is 7.13. The molecule has 1 aliphatic heterocycles. The minimum Gasteiger partial charge on any atom is -0.364 e. The first kappa shape index (κ1) is 13.5. The largest absolute Gasteiger partial charge is 0.364 e. The molecule has 6 heteroatoms. The van der Waals surface area contributed by atoms with Gasteiger partial charge >= 0.3 is 0 Å². The normalized spacial score (nSPS) is 14.9. The van der Waals surface area contributed by atoms with Gasteiger partial charge in [-0.3, -0.25) is 9.69 Å². The highest BCUT2D eigenvalue weighted by atomic mass is 32.1. The van der Waals surface area contributed by atoms with E-state index >= 15 is 0 Å². The van der Waals surface area contributed by atoms with Crippen molar-refractivity contribution in [3.8, 4) is 10.7 Å². The Balaban J connectivity index is 1.64. The molecule has 3 aromatic rings. The van der Waals surface area contributed by atoms with Crippen molar-refractivity contribution in [2.24, 2.45) is 0 Å². The smallest absolute Gasteiger partial charge is 0.254 e. The van der Waals surface area contributed by atoms with Crippen LogP contribution in [0.5, 0.6) is 0 Å². The minimum absolute atomic E-state index is 0.00734. The van der Waals surface area contributed by atoms with E-state index in [0.717, 1.165) is 42.2 Å². The molecule has 2 N–H and O–H groups in total. The van der Waals surface area contributed by atoms with Crippen LogP contribution < -0.4 is 5.56 Å². The van der Waals surface area contributed by atoms with E-state index in [4.69, 9.17) is 4.98 Å². The van der Waals surface area contributed by atoms with Crippen LogP contribution in [0.1, 0.15) is 17.0 Å². The second kappa shape index (κ2) is 5.55. The van der Waals surface area contributed by atoms with Crippen molar-refractivity contribution in [1.82, 2.24) is 19.9 Å². The first-order valence-corrected chi connectivity index (χ1v) is 8.18. The van der Waals surface area contributed by atoms with Crippen LogP contribution in [0.25, 0.3) is 10.7 Å². The van der Waals surface area contributed by atoms with Crippen molar-refractivity contribution >= 4 is 11.3 Å². The predicted octanol–water partition coefficient (Wildman–Crippen LogP) is 2.38. The summed E-state index contributed by atoms with van der Waals surface area (Å²) in [5.74, 6) is 0.681. The molecule has 0 saturated carbocycles. The van der Waals surface area contributed by atoms with Crippen LogP contribution in [0.15, 0.2) is 40.6 Å². The summed E-state index contributed by atoms with van der Waals surface area (Å²) in [6.07, 6.45) is 2.69. The van der Waals surface area contributed by atoms with Gasteiger partial charge in [-0.2, -0.15) is 0 Å². The standard InChI is InChI=1S/C16H16N4OS/c21-16-12-5-7-20(9-11-3-1-6-17-11)10-13(12)18-15(19-16)14-4-2-8-22-14/h1-4,6,8,17H,5,7,9-10H2,(H,18,19,21). The van der Waals surface area contributed by atoms with Crippen molar-refractivity contribution in [1.29, 1.82) is 0 Å². The van der Waals surface area contributed by atoms with E-state index in [0.29, 0.717) is 5.82 Å². The summed E-state index contributed by atoms with van der Waals surface area (Å²) in [6.45, 7) is 2.46. The topological polar surface area (TPSA) is 64.8 Å². The van der Waals surface area contributed by atoms with Crippen LogP contribution in [0.4, 0.5) is 0 Å². The van der Waals surface area contributed by atoms with Crippen molar-refractivity contribution in [3.05, 3.63) is 63.1 Å². The van der Waals surface area contributed by atoms with E-state index in [1.165, 1.54) is 5.69 Å². The number of aromatic amines is 2. The zero-order valence-electron chi connectivity index (χ0n) is 12.0. The summed E-state index contributed by atoms with van der Waals surface area (Å²) in [4.78, 5) is 26.4. The molecule has 5 nitrogen and oxygen atoms in total. The number of H-pyrrole nitrogens is 2. The summed E-state index contributed by atoms with van der Waals surface area (Å²) in [6, 6.07) is 8.04. The number of hydrogen-bond acceptors (Lipinski definition) is 4. The van der Waals surface area contributed by atoms with Gasteiger partial charge in [0.2, 0.25) is 0 Å². The number of fused-ring (bicyclic) bond motifs is 1. The molecule has 0 aromatic carbocycles. The lowest BCUT2D eigenvalue weighted by atomic mass is 10.1. The number of nitrogens with zero attached hydrogens (tertiary/aromatic N) is 2. The summed E-state index contributed by atoms with van der Waals surface area (Å²) in [7, 11) is 0. The van der Waals surface area contributed by atoms with Crippen LogP contribution in [0.2, 0.25) is 0 Å². The summed E-state index contributed by atoms with van der Waals surface area (Å²) < 4.78 is 0. The molecule has 22 heavy (non-hydrogen) atoms. The third-order valence-electron chi connectivity index (χ3n) is 3.96. The maximum Gasteiger partial charge on any atom is 0.254 e. The highest BCUT2D eigenvalue weighted by Gasteiger charge is 2.21. The van der Waals surface area contributed by atoms with Crippen LogP contribution in [0.3, 0.4) is 0 Å². The average molecular weight is 312 g/mol. The van der Waals surface area contributed by atoms with Gasteiger partial charge in [-0.15, -0.1) is 11.3 Å². The Hall–Kier alpha value is -2.18. The first-order valence-electron chi connectivity index (χ1n) is 7.30. The van der Waals surface area contributed by atoms with E-state index < -0.39 is 0 Å². The molecule has 0 atom stereocenters. The van der Waals surface area contributed by atoms with Gasteiger partial charge in [0.05, 0.1) is 10.6 Å². The molecule has 0 bridgehead atoms. The number of rotatable bonds is 3. The van der Waals surface area contributed by atoms with Gasteiger partial charge in [0, 0.05) is 37.1 Å². The van der Waals surface area contributed by atoms with Crippen LogP contribution in [-0.4, -0.2) is 26.4 Å². The van der Waals surface area contributed by atoms with Crippen molar-refractivity contribution in [2.75, 3.05) is 6.54 Å². The second-order valence-electron chi connectivity index (χ2n) is 5.47. The lowest BCUT2D eigenvalue weighted by Gasteiger charge is -2.27. The van der Waals surface area contributed by atoms with E-state index in [1.807, 2.05) is 29.8 Å². The van der Waals surface area contributed by atoms with Gasteiger partial charge in [0.15, 0.2) is 5.82 Å². The summed E-state index contributed by atoms with van der Waals surface area (Å²) >= 11 is 1.59. The number of hydrogen-bond donors (Lipinski definition) is 2. The van der Waals surface area contributed by atoms with Gasteiger partial charge in [0.1, 0.15) is 0 Å². The van der Waals surface area contributed by atoms with Gasteiger partial charge in [-0.1, -0.05) is 6.07 Å². The third-order valence-corrected chi connectivity index (χ3v) is 4.84. The maximum atomic E-state index is 12.3. The molecule has 0 amide bonds. The molecule has 0 saturated heterocycles. The lowest BCUT2D eigenvalue weighted by molar-refractivity contribution is 0.238. The van der Waals surface area contributed by atoms with E-state index in [9.17, 15) is 4.79 Å². The number of nitrogens with one attached hydrogen (secondary N) is 2. The fourth-order valence-corrected chi connectivity index (χ4v) is 3.53. The Bertz CT molecular complexity index is 820. The molecule has 4 heterocycles. The van der Waals surface area contributed by atoms with Crippen molar-refractivity contribution in [3.63, 3.8) is 0 Å². The molecule has 0 aliphatic carbocycles. The van der Waals surface area contributed by atoms with Crippen molar-refractivity contribution < 1.29 is 0 Å². The molecular weight excluding hydrogens is 296 g/mol. The lowest BCUT2D eigenvalue weighted by Crippen LogP contribution is -2.35. The average Bonchev–Trinajstić information content (AvgIpc) is 3.20. The monoisotopic (exact) mass is 312 g/mol. The van der Waals surface area contributed by atoms with Gasteiger partial charge in [0.25, 0.3) is 5.56 Å². The maximum absolute atomic E-state index is 12.3. The first-order chi connectivity index (χ1) is 10.8. The fraction of sp³-hybridized carbons (Fsp3) is 0.250. The van der Waals surface area contributed by atoms with Crippen LogP contribution >= 0.6 is 11.3 Å². The van der Waals surface area contributed by atoms with Gasteiger partial charge in [-0.05, 0) is 30.0 Å². The molecule has 0 radical (unpaired) electrons. The van der Waals surface area contributed by atoms with E-state index in [1.54, 1.807) is 11.3 Å². The molecule has 0 spiro atoms. The zero-order chi connectivity index (χ0) is 14.9. The Morgan fingerprint density at radius 3 is 3.05 bits per heavy atom. The molecule has 112 valence electrons. The van der Waals surface area contributed by atoms with Gasteiger partial charge < -0.3 is 9.97 Å². The highest BCUT2D eigenvalue weighted by Crippen LogP contribution is 2.22. The number of aromatic nitrogens is 3. The molecular formula is C16H16N4OS. The molecule has 0 unspecified atom stereocenters. The Labute approximate surface area is 131 Å². The SMILES string of the molecule is O=c1[nH]c(-c2cccs2)nc2c1CCN(Cc1ccc[nH]1)C2. The summed E-state index contributed by atoms with van der Waals surface area (Å²) in [5, 5.41) is 1.99.